The molecule has 10 nitrogen and oxygen atoms in total. The van der Waals surface area contributed by atoms with Crippen LogP contribution in [-0.2, 0) is 10.0 Å². The van der Waals surface area contributed by atoms with E-state index in [4.69, 9.17) is 14.3 Å². The molecule has 3 rings (SSSR count). The number of rotatable bonds is 5. The fraction of sp³-hybridized carbons (Fsp3) is 0.111. The summed E-state index contributed by atoms with van der Waals surface area (Å²) in [5.41, 5.74) is 1.41. The van der Waals surface area contributed by atoms with Gasteiger partial charge >= 0.3 is 12.0 Å². The molecule has 4 N–H and O–H groups in total. The van der Waals surface area contributed by atoms with Gasteiger partial charge in [-0.1, -0.05) is 0 Å². The summed E-state index contributed by atoms with van der Waals surface area (Å²) in [6.07, 6.45) is 0. The molecule has 0 saturated carbocycles. The van der Waals surface area contributed by atoms with Crippen molar-refractivity contribution in [1.82, 2.24) is 10.3 Å². The van der Waals surface area contributed by atoms with Crippen LogP contribution in [0.3, 0.4) is 0 Å². The van der Waals surface area contributed by atoms with Gasteiger partial charge in [-0.25, -0.2) is 18.4 Å². The first-order valence-electron chi connectivity index (χ1n) is 8.24. The largest absolute Gasteiger partial charge is 0.497 e. The highest BCUT2D eigenvalue weighted by molar-refractivity contribution is 7.89. The molecule has 0 aliphatic rings. The van der Waals surface area contributed by atoms with E-state index in [-0.39, 0.29) is 21.7 Å². The molecular weight excluding hydrogens is 400 g/mol. The lowest BCUT2D eigenvalue weighted by Gasteiger charge is -2.08. The lowest BCUT2D eigenvalue weighted by Crippen LogP contribution is -2.35. The highest BCUT2D eigenvalue weighted by Crippen LogP contribution is 2.36. The molecule has 152 valence electrons. The number of ether oxygens (including phenoxy) is 1. The lowest BCUT2D eigenvalue weighted by molar-refractivity contribution is 0.197. The number of carbonyl (C=O) groups is 1. The van der Waals surface area contributed by atoms with Crippen LogP contribution >= 0.6 is 0 Å². The highest BCUT2D eigenvalue weighted by Gasteiger charge is 2.24. The molecule has 0 bridgehead atoms. The Balaban J connectivity index is 2.12. The third kappa shape index (κ3) is 4.21. The predicted molar refractivity (Wildman–Crippen MR) is 104 cm³/mol. The summed E-state index contributed by atoms with van der Waals surface area (Å²) in [4.78, 5) is 15.9. The van der Waals surface area contributed by atoms with Gasteiger partial charge in [-0.15, -0.1) is 5.06 Å². The molecule has 0 atom stereocenters. The van der Waals surface area contributed by atoms with Gasteiger partial charge in [0, 0.05) is 18.2 Å². The van der Waals surface area contributed by atoms with Crippen molar-refractivity contribution in [2.45, 2.75) is 4.90 Å². The minimum Gasteiger partial charge on any atom is -0.497 e. The number of aromatic nitrogens is 1. The number of sulfonamides is 1. The van der Waals surface area contributed by atoms with Gasteiger partial charge in [0.2, 0.25) is 10.0 Å². The summed E-state index contributed by atoms with van der Waals surface area (Å²) >= 11 is 0. The number of primary sulfonamides is 1. The molecule has 1 aromatic heterocycles. The second-order valence-corrected chi connectivity index (χ2v) is 7.40. The number of amides is 2. The lowest BCUT2D eigenvalue weighted by atomic mass is 10.1. The van der Waals surface area contributed by atoms with E-state index in [1.807, 2.05) is 0 Å². The standard InChI is InChI=1S/C18H18N4O6S/c1-20-17(23)22(24)18-21-15(11-3-7-13(27-2)8-4-11)16(28-18)12-5-9-14(10-6-12)29(19,25)26/h3-10,24H,1-2H3,(H,20,23)(H2,19,25,26). The number of carbonyl (C=O) groups excluding carboxylic acids is 1. The van der Waals surface area contributed by atoms with Crippen molar-refractivity contribution in [2.75, 3.05) is 19.2 Å². The molecule has 2 amide bonds. The van der Waals surface area contributed by atoms with Crippen molar-refractivity contribution in [2.24, 2.45) is 5.14 Å². The van der Waals surface area contributed by atoms with Crippen molar-refractivity contribution in [1.29, 1.82) is 0 Å². The van der Waals surface area contributed by atoms with Crippen molar-refractivity contribution >= 4 is 22.1 Å². The predicted octanol–water partition coefficient (Wildman–Crippen LogP) is 2.20. The molecule has 3 aromatic rings. The van der Waals surface area contributed by atoms with Crippen molar-refractivity contribution < 1.29 is 27.6 Å². The van der Waals surface area contributed by atoms with E-state index in [0.29, 0.717) is 22.6 Å². The first kappa shape index (κ1) is 20.3. The number of methoxy groups -OCH3 is 1. The average Bonchev–Trinajstić information content (AvgIpc) is 3.17. The molecule has 29 heavy (non-hydrogen) atoms. The van der Waals surface area contributed by atoms with Crippen LogP contribution in [0.4, 0.5) is 10.8 Å². The van der Waals surface area contributed by atoms with Gasteiger partial charge in [0.15, 0.2) is 5.76 Å². The molecule has 0 fully saturated rings. The Morgan fingerprint density at radius 3 is 2.24 bits per heavy atom. The molecule has 0 aliphatic carbocycles. The van der Waals surface area contributed by atoms with Crippen LogP contribution in [0.5, 0.6) is 5.75 Å². The van der Waals surface area contributed by atoms with Crippen molar-refractivity contribution in [3.05, 3.63) is 48.5 Å². The van der Waals surface area contributed by atoms with Crippen molar-refractivity contribution in [3.63, 3.8) is 0 Å². The monoisotopic (exact) mass is 418 g/mol. The Bertz CT molecular complexity index is 1120. The Labute approximate surface area is 166 Å². The zero-order valence-corrected chi connectivity index (χ0v) is 16.3. The fourth-order valence-electron chi connectivity index (χ4n) is 2.53. The first-order valence-corrected chi connectivity index (χ1v) is 9.78. The zero-order chi connectivity index (χ0) is 21.2. The third-order valence-corrected chi connectivity index (χ3v) is 4.94. The molecule has 11 heteroatoms. The summed E-state index contributed by atoms with van der Waals surface area (Å²) in [5.74, 6) is 0.847. The second kappa shape index (κ2) is 7.91. The molecule has 1 heterocycles. The van der Waals surface area contributed by atoms with Gasteiger partial charge in [0.05, 0.1) is 12.0 Å². The quantitative estimate of drug-likeness (QED) is 0.425. The van der Waals surface area contributed by atoms with E-state index in [9.17, 15) is 18.4 Å². The summed E-state index contributed by atoms with van der Waals surface area (Å²) < 4.78 is 33.7. The van der Waals surface area contributed by atoms with E-state index in [1.54, 1.807) is 24.3 Å². The third-order valence-electron chi connectivity index (χ3n) is 4.01. The van der Waals surface area contributed by atoms with E-state index >= 15 is 0 Å². The number of benzene rings is 2. The van der Waals surface area contributed by atoms with E-state index in [0.717, 1.165) is 0 Å². The number of oxazole rings is 1. The molecule has 0 aliphatic heterocycles. The minimum absolute atomic E-state index is 0.0684. The zero-order valence-electron chi connectivity index (χ0n) is 15.5. The van der Waals surface area contributed by atoms with E-state index < -0.39 is 16.1 Å². The van der Waals surface area contributed by atoms with Gasteiger partial charge in [0.25, 0.3) is 0 Å². The number of nitrogens with zero attached hydrogens (tertiary/aromatic N) is 2. The number of hydroxylamine groups is 1. The Morgan fingerprint density at radius 1 is 1.14 bits per heavy atom. The smallest absolute Gasteiger partial charge is 0.349 e. The minimum atomic E-state index is -3.86. The van der Waals surface area contributed by atoms with Gasteiger partial charge < -0.3 is 14.5 Å². The molecule has 0 radical (unpaired) electrons. The van der Waals surface area contributed by atoms with Crippen LogP contribution in [0, 0.1) is 0 Å². The van der Waals surface area contributed by atoms with Crippen LogP contribution in [0.15, 0.2) is 57.8 Å². The van der Waals surface area contributed by atoms with Crippen molar-refractivity contribution in [3.8, 4) is 28.3 Å². The van der Waals surface area contributed by atoms with Gasteiger partial charge in [0.1, 0.15) is 11.4 Å². The summed E-state index contributed by atoms with van der Waals surface area (Å²) in [5, 5.41) is 17.6. The van der Waals surface area contributed by atoms with Crippen LogP contribution in [-0.4, -0.2) is 38.8 Å². The van der Waals surface area contributed by atoms with Crippen LogP contribution in [0.25, 0.3) is 22.6 Å². The molecule has 0 spiro atoms. The number of hydrogen-bond donors (Lipinski definition) is 3. The summed E-state index contributed by atoms with van der Waals surface area (Å²) in [7, 11) is -0.980. The summed E-state index contributed by atoms with van der Waals surface area (Å²) in [6.45, 7) is 0. The maximum atomic E-state index is 11.7. The van der Waals surface area contributed by atoms with Gasteiger partial charge in [-0.05, 0) is 48.5 Å². The fourth-order valence-corrected chi connectivity index (χ4v) is 3.04. The van der Waals surface area contributed by atoms with Crippen LogP contribution in [0.1, 0.15) is 0 Å². The molecule has 0 unspecified atom stereocenters. The van der Waals surface area contributed by atoms with Crippen LogP contribution < -0.4 is 20.3 Å². The SMILES string of the molecule is CNC(=O)N(O)c1nc(-c2ccc(OC)cc2)c(-c2ccc(S(N)(=O)=O)cc2)o1. The second-order valence-electron chi connectivity index (χ2n) is 5.84. The molecule has 0 saturated heterocycles. The number of nitrogens with two attached hydrogens (primary N) is 1. The number of hydrogen-bond acceptors (Lipinski definition) is 7. The topological polar surface area (TPSA) is 148 Å². The first-order chi connectivity index (χ1) is 13.7. The number of nitrogens with one attached hydrogen (secondary N) is 1. The molecular formula is C18H18N4O6S. The maximum absolute atomic E-state index is 11.7. The maximum Gasteiger partial charge on any atom is 0.349 e. The Morgan fingerprint density at radius 2 is 1.72 bits per heavy atom. The van der Waals surface area contributed by atoms with E-state index in [1.165, 1.54) is 38.4 Å². The van der Waals surface area contributed by atoms with Gasteiger partial charge in [-0.3, -0.25) is 5.21 Å². The Hall–Kier alpha value is -3.41. The number of anilines is 1. The normalized spacial score (nSPS) is 11.2. The highest BCUT2D eigenvalue weighted by atomic mass is 32.2. The Kier molecular flexibility index (Phi) is 5.55. The van der Waals surface area contributed by atoms with Crippen LogP contribution in [0.2, 0.25) is 0 Å². The molecule has 2 aromatic carbocycles. The number of urea groups is 1. The van der Waals surface area contributed by atoms with Gasteiger partial charge in [-0.2, -0.15) is 4.98 Å². The average molecular weight is 418 g/mol. The van der Waals surface area contributed by atoms with E-state index in [2.05, 4.69) is 10.3 Å². The summed E-state index contributed by atoms with van der Waals surface area (Å²) in [6, 6.07) is 11.3.